The number of ether oxygens (including phenoxy) is 3. The monoisotopic (exact) mass is 472 g/mol. The van der Waals surface area contributed by atoms with Crippen LogP contribution in [0.1, 0.15) is 37.6 Å². The van der Waals surface area contributed by atoms with Crippen LogP contribution in [0.15, 0.2) is 29.1 Å². The minimum atomic E-state index is -0.405. The van der Waals surface area contributed by atoms with Crippen LogP contribution in [0.25, 0.3) is 0 Å². The molecule has 10 heteroatoms. The van der Waals surface area contributed by atoms with Crippen LogP contribution in [0.4, 0.5) is 4.79 Å². The van der Waals surface area contributed by atoms with Crippen LogP contribution in [0.3, 0.4) is 0 Å². The number of aromatic nitrogens is 2. The molecule has 0 unspecified atom stereocenters. The summed E-state index contributed by atoms with van der Waals surface area (Å²) in [5.74, 6) is 1.08. The quantitative estimate of drug-likeness (QED) is 0.562. The van der Waals surface area contributed by atoms with Gasteiger partial charge in [0.25, 0.3) is 5.56 Å². The van der Waals surface area contributed by atoms with E-state index in [2.05, 4.69) is 10.4 Å². The summed E-state index contributed by atoms with van der Waals surface area (Å²) >= 11 is 0. The molecule has 2 amide bonds. The third-order valence-corrected chi connectivity index (χ3v) is 5.31. The average molecular weight is 473 g/mol. The van der Waals surface area contributed by atoms with Gasteiger partial charge in [-0.2, -0.15) is 5.10 Å². The molecule has 0 radical (unpaired) electrons. The Bertz CT molecular complexity index is 1070. The van der Waals surface area contributed by atoms with Crippen LogP contribution in [0, 0.1) is 0 Å². The van der Waals surface area contributed by atoms with Crippen molar-refractivity contribution in [2.24, 2.45) is 0 Å². The first kappa shape index (κ1) is 25.1. The van der Waals surface area contributed by atoms with Crippen molar-refractivity contribution in [2.75, 3.05) is 32.9 Å². The average Bonchev–Trinajstić information content (AvgIpc) is 2.81. The molecule has 34 heavy (non-hydrogen) atoms. The van der Waals surface area contributed by atoms with Gasteiger partial charge in [0.05, 0.1) is 32.1 Å². The minimum Gasteiger partial charge on any atom is -0.490 e. The second-order valence-corrected chi connectivity index (χ2v) is 7.73. The number of rotatable bonds is 10. The fourth-order valence-electron chi connectivity index (χ4n) is 3.71. The molecule has 1 N–H and O–H groups in total. The van der Waals surface area contributed by atoms with Crippen LogP contribution < -0.4 is 20.3 Å². The van der Waals surface area contributed by atoms with Crippen LogP contribution in [0.5, 0.6) is 11.5 Å². The van der Waals surface area contributed by atoms with E-state index < -0.39 is 6.09 Å². The molecule has 1 aliphatic heterocycles. The van der Waals surface area contributed by atoms with E-state index >= 15 is 0 Å². The van der Waals surface area contributed by atoms with Gasteiger partial charge in [-0.15, -0.1) is 0 Å². The topological polar surface area (TPSA) is 112 Å². The van der Waals surface area contributed by atoms with E-state index in [1.807, 2.05) is 32.0 Å². The van der Waals surface area contributed by atoms with Gasteiger partial charge in [-0.05, 0) is 44.9 Å². The second-order valence-electron chi connectivity index (χ2n) is 7.73. The molecule has 10 nitrogen and oxygen atoms in total. The van der Waals surface area contributed by atoms with E-state index in [1.54, 1.807) is 11.8 Å². The molecule has 0 spiro atoms. The molecule has 2 heterocycles. The Kier molecular flexibility index (Phi) is 8.89. The van der Waals surface area contributed by atoms with Gasteiger partial charge in [-0.3, -0.25) is 9.59 Å². The fourth-order valence-corrected chi connectivity index (χ4v) is 3.71. The zero-order valence-electron chi connectivity index (χ0n) is 20.0. The molecule has 1 aromatic heterocycles. The van der Waals surface area contributed by atoms with Gasteiger partial charge in [0.1, 0.15) is 6.54 Å². The summed E-state index contributed by atoms with van der Waals surface area (Å²) in [7, 11) is 0. The number of carbonyl (C=O) groups excluding carboxylic acids is 2. The number of amides is 2. The van der Waals surface area contributed by atoms with Crippen molar-refractivity contribution in [3.63, 3.8) is 0 Å². The second kappa shape index (κ2) is 12.1. The Balaban J connectivity index is 1.55. The number of carbonyl (C=O) groups is 2. The Hall–Kier alpha value is -3.56. The molecule has 0 aliphatic carbocycles. The first-order valence-electron chi connectivity index (χ1n) is 11.6. The van der Waals surface area contributed by atoms with Gasteiger partial charge in [-0.1, -0.05) is 6.07 Å². The van der Waals surface area contributed by atoms with Crippen molar-refractivity contribution in [3.8, 4) is 11.5 Å². The zero-order valence-corrected chi connectivity index (χ0v) is 20.0. The number of benzene rings is 1. The number of hydrogen-bond acceptors (Lipinski definition) is 7. The van der Waals surface area contributed by atoms with E-state index in [1.165, 1.54) is 6.07 Å². The SMILES string of the molecule is CCOC(=O)N1CCc2nn(CC(=O)NCCc3ccc(OCC)c(OCC)c3)c(=O)cc2C1. The maximum absolute atomic E-state index is 12.5. The molecular weight excluding hydrogens is 440 g/mol. The summed E-state index contributed by atoms with van der Waals surface area (Å²) in [5.41, 5.74) is 2.02. The molecule has 0 atom stereocenters. The molecule has 0 bridgehead atoms. The summed E-state index contributed by atoms with van der Waals surface area (Å²) in [6, 6.07) is 7.16. The highest BCUT2D eigenvalue weighted by Crippen LogP contribution is 2.28. The number of fused-ring (bicyclic) bond motifs is 1. The van der Waals surface area contributed by atoms with E-state index in [9.17, 15) is 14.4 Å². The highest BCUT2D eigenvalue weighted by atomic mass is 16.6. The molecular formula is C24H32N4O6. The normalized spacial score (nSPS) is 12.6. The van der Waals surface area contributed by atoms with Crippen LogP contribution in [0.2, 0.25) is 0 Å². The van der Waals surface area contributed by atoms with E-state index in [0.29, 0.717) is 68.5 Å². The molecule has 184 valence electrons. The van der Waals surface area contributed by atoms with Crippen molar-refractivity contribution in [2.45, 2.75) is 46.7 Å². The maximum atomic E-state index is 12.5. The number of nitrogens with one attached hydrogen (secondary N) is 1. The highest BCUT2D eigenvalue weighted by molar-refractivity contribution is 5.75. The first-order chi connectivity index (χ1) is 16.4. The smallest absolute Gasteiger partial charge is 0.410 e. The maximum Gasteiger partial charge on any atom is 0.410 e. The highest BCUT2D eigenvalue weighted by Gasteiger charge is 2.24. The molecule has 0 saturated carbocycles. The standard InChI is InChI=1S/C24H32N4O6/c1-4-32-20-8-7-17(13-21(20)33-5-2)9-11-25-22(29)16-28-23(30)14-18-15-27(24(31)34-6-3)12-10-19(18)26-28/h7-8,13-14H,4-6,9-12,15-16H2,1-3H3,(H,25,29). The van der Waals surface area contributed by atoms with Crippen LogP contribution in [-0.2, 0) is 35.5 Å². The summed E-state index contributed by atoms with van der Waals surface area (Å²) in [4.78, 5) is 38.4. The van der Waals surface area contributed by atoms with E-state index in [0.717, 1.165) is 10.2 Å². The van der Waals surface area contributed by atoms with E-state index in [4.69, 9.17) is 14.2 Å². The van der Waals surface area contributed by atoms with Gasteiger partial charge in [-0.25, -0.2) is 9.48 Å². The van der Waals surface area contributed by atoms with Gasteiger partial charge in [0, 0.05) is 31.1 Å². The lowest BCUT2D eigenvalue weighted by atomic mass is 10.1. The molecule has 0 fully saturated rings. The van der Waals surface area contributed by atoms with Crippen molar-refractivity contribution < 1.29 is 23.8 Å². The summed E-state index contributed by atoms with van der Waals surface area (Å²) in [6.45, 7) is 7.92. The molecule has 0 saturated heterocycles. The minimum absolute atomic E-state index is 0.165. The molecule has 3 rings (SSSR count). The van der Waals surface area contributed by atoms with Crippen molar-refractivity contribution in [3.05, 3.63) is 51.4 Å². The summed E-state index contributed by atoms with van der Waals surface area (Å²) < 4.78 is 17.4. The first-order valence-corrected chi connectivity index (χ1v) is 11.6. The fraction of sp³-hybridized carbons (Fsp3) is 0.500. The van der Waals surface area contributed by atoms with Crippen molar-refractivity contribution in [1.29, 1.82) is 0 Å². The third-order valence-electron chi connectivity index (χ3n) is 5.31. The summed E-state index contributed by atoms with van der Waals surface area (Å²) in [5, 5.41) is 7.19. The van der Waals surface area contributed by atoms with Crippen molar-refractivity contribution >= 4 is 12.0 Å². The Morgan fingerprint density at radius 1 is 1.06 bits per heavy atom. The Labute approximate surface area is 198 Å². The predicted octanol–water partition coefficient (Wildman–Crippen LogP) is 1.91. The lowest BCUT2D eigenvalue weighted by molar-refractivity contribution is -0.121. The lowest BCUT2D eigenvalue weighted by Crippen LogP contribution is -2.40. The molecule has 2 aromatic rings. The van der Waals surface area contributed by atoms with Crippen LogP contribution in [-0.4, -0.2) is 59.6 Å². The largest absolute Gasteiger partial charge is 0.490 e. The van der Waals surface area contributed by atoms with Gasteiger partial charge in [0.2, 0.25) is 5.91 Å². The third kappa shape index (κ3) is 6.49. The van der Waals surface area contributed by atoms with Gasteiger partial charge in [0.15, 0.2) is 11.5 Å². The summed E-state index contributed by atoms with van der Waals surface area (Å²) in [6.07, 6.45) is 0.697. The molecule has 1 aliphatic rings. The predicted molar refractivity (Wildman–Crippen MR) is 125 cm³/mol. The zero-order chi connectivity index (χ0) is 24.5. The van der Waals surface area contributed by atoms with Crippen molar-refractivity contribution in [1.82, 2.24) is 20.0 Å². The Morgan fingerprint density at radius 3 is 2.56 bits per heavy atom. The number of nitrogens with zero attached hydrogens (tertiary/aromatic N) is 3. The lowest BCUT2D eigenvalue weighted by Gasteiger charge is -2.27. The number of hydrogen-bond donors (Lipinski definition) is 1. The Morgan fingerprint density at radius 2 is 1.82 bits per heavy atom. The molecule has 1 aromatic carbocycles. The van der Waals surface area contributed by atoms with Crippen LogP contribution >= 0.6 is 0 Å². The van der Waals surface area contributed by atoms with Gasteiger partial charge < -0.3 is 24.4 Å². The van der Waals surface area contributed by atoms with Gasteiger partial charge >= 0.3 is 6.09 Å². The van der Waals surface area contributed by atoms with E-state index in [-0.39, 0.29) is 24.6 Å².